The molecule has 0 bridgehead atoms. The SMILES string of the molecule is CCOc1ccc(NC(=O)CN(c2ccccc2)S(=O)(=O)c2ccc(OC)c(C)c2)cc1. The second-order valence-electron chi connectivity index (χ2n) is 6.98. The molecule has 0 aromatic heterocycles. The van der Waals surface area contributed by atoms with E-state index in [1.54, 1.807) is 67.6 Å². The van der Waals surface area contributed by atoms with E-state index < -0.39 is 15.9 Å². The fraction of sp³-hybridized carbons (Fsp3) is 0.208. The van der Waals surface area contributed by atoms with Crippen LogP contribution >= 0.6 is 0 Å². The average Bonchev–Trinajstić information content (AvgIpc) is 2.79. The Labute approximate surface area is 188 Å². The first-order valence-electron chi connectivity index (χ1n) is 10.1. The van der Waals surface area contributed by atoms with Gasteiger partial charge < -0.3 is 14.8 Å². The molecule has 1 amide bonds. The third-order valence-electron chi connectivity index (χ3n) is 4.73. The van der Waals surface area contributed by atoms with Gasteiger partial charge >= 0.3 is 0 Å². The Morgan fingerprint density at radius 1 is 1.00 bits per heavy atom. The van der Waals surface area contributed by atoms with Crippen LogP contribution in [0.4, 0.5) is 11.4 Å². The molecule has 0 unspecified atom stereocenters. The van der Waals surface area contributed by atoms with Gasteiger partial charge in [0, 0.05) is 5.69 Å². The standard InChI is InChI=1S/C24H26N2O5S/c1-4-31-21-12-10-19(11-13-21)25-24(27)17-26(20-8-6-5-7-9-20)32(28,29)22-14-15-23(30-3)18(2)16-22/h5-16H,4,17H2,1-3H3,(H,25,27). The molecule has 0 heterocycles. The molecule has 0 aliphatic carbocycles. The maximum Gasteiger partial charge on any atom is 0.264 e. The summed E-state index contributed by atoms with van der Waals surface area (Å²) in [7, 11) is -2.48. The molecule has 0 aliphatic heterocycles. The first-order chi connectivity index (χ1) is 15.3. The number of nitrogens with one attached hydrogen (secondary N) is 1. The largest absolute Gasteiger partial charge is 0.496 e. The summed E-state index contributed by atoms with van der Waals surface area (Å²) in [5, 5.41) is 2.74. The lowest BCUT2D eigenvalue weighted by Crippen LogP contribution is -2.38. The van der Waals surface area contributed by atoms with Gasteiger partial charge in [0.15, 0.2) is 0 Å². The summed E-state index contributed by atoms with van der Waals surface area (Å²) in [5.74, 6) is 0.809. The fourth-order valence-electron chi connectivity index (χ4n) is 3.18. The van der Waals surface area contributed by atoms with E-state index in [-0.39, 0.29) is 11.4 Å². The molecular formula is C24H26N2O5S. The quantitative estimate of drug-likeness (QED) is 0.523. The number of benzene rings is 3. The second kappa shape index (κ2) is 10.2. The average molecular weight is 455 g/mol. The zero-order chi connectivity index (χ0) is 23.1. The minimum atomic E-state index is -4.01. The van der Waals surface area contributed by atoms with Gasteiger partial charge in [0.25, 0.3) is 10.0 Å². The Hall–Kier alpha value is -3.52. The molecule has 1 N–H and O–H groups in total. The number of anilines is 2. The Morgan fingerprint density at radius 3 is 2.28 bits per heavy atom. The van der Waals surface area contributed by atoms with Crippen LogP contribution in [-0.2, 0) is 14.8 Å². The topological polar surface area (TPSA) is 84.9 Å². The second-order valence-corrected chi connectivity index (χ2v) is 8.85. The van der Waals surface area contributed by atoms with Gasteiger partial charge in [0.05, 0.1) is 24.3 Å². The van der Waals surface area contributed by atoms with Crippen LogP contribution in [0.25, 0.3) is 0 Å². The van der Waals surface area contributed by atoms with Crippen molar-refractivity contribution in [2.75, 3.05) is 29.9 Å². The van der Waals surface area contributed by atoms with E-state index in [2.05, 4.69) is 5.32 Å². The Kier molecular flexibility index (Phi) is 7.37. The van der Waals surface area contributed by atoms with E-state index in [9.17, 15) is 13.2 Å². The summed E-state index contributed by atoms with van der Waals surface area (Å²) < 4.78 is 38.7. The zero-order valence-electron chi connectivity index (χ0n) is 18.2. The third-order valence-corrected chi connectivity index (χ3v) is 6.50. The number of amides is 1. The van der Waals surface area contributed by atoms with Crippen molar-refractivity contribution < 1.29 is 22.7 Å². The van der Waals surface area contributed by atoms with Crippen molar-refractivity contribution in [3.8, 4) is 11.5 Å². The van der Waals surface area contributed by atoms with E-state index in [0.29, 0.717) is 35.0 Å². The predicted octanol–water partition coefficient (Wildman–Crippen LogP) is 4.24. The van der Waals surface area contributed by atoms with Crippen LogP contribution in [0.5, 0.6) is 11.5 Å². The summed E-state index contributed by atoms with van der Waals surface area (Å²) in [6.07, 6.45) is 0. The molecule has 0 aliphatic rings. The Balaban J connectivity index is 1.88. The number of methoxy groups -OCH3 is 1. The Morgan fingerprint density at radius 2 is 1.69 bits per heavy atom. The molecule has 0 radical (unpaired) electrons. The van der Waals surface area contributed by atoms with Crippen LogP contribution in [0.2, 0.25) is 0 Å². The van der Waals surface area contributed by atoms with Gasteiger partial charge in [-0.1, -0.05) is 18.2 Å². The smallest absolute Gasteiger partial charge is 0.264 e. The van der Waals surface area contributed by atoms with Crippen molar-refractivity contribution in [1.82, 2.24) is 0 Å². The molecule has 0 atom stereocenters. The number of para-hydroxylation sites is 1. The maximum atomic E-state index is 13.5. The molecule has 0 saturated heterocycles. The molecule has 0 fully saturated rings. The minimum absolute atomic E-state index is 0.0773. The summed E-state index contributed by atoms with van der Waals surface area (Å²) in [6.45, 7) is 3.81. The number of hydrogen-bond acceptors (Lipinski definition) is 5. The van der Waals surface area contributed by atoms with Crippen LogP contribution in [0, 0.1) is 6.92 Å². The number of ether oxygens (including phenoxy) is 2. The number of aryl methyl sites for hydroxylation is 1. The van der Waals surface area contributed by atoms with E-state index in [0.717, 1.165) is 4.31 Å². The van der Waals surface area contributed by atoms with Crippen molar-refractivity contribution in [2.45, 2.75) is 18.7 Å². The van der Waals surface area contributed by atoms with Gasteiger partial charge in [-0.25, -0.2) is 8.42 Å². The highest BCUT2D eigenvalue weighted by atomic mass is 32.2. The van der Waals surface area contributed by atoms with E-state index >= 15 is 0 Å². The zero-order valence-corrected chi connectivity index (χ0v) is 19.1. The first-order valence-corrected chi connectivity index (χ1v) is 11.5. The highest BCUT2D eigenvalue weighted by molar-refractivity contribution is 7.92. The van der Waals surface area contributed by atoms with Crippen LogP contribution in [0.15, 0.2) is 77.7 Å². The molecular weight excluding hydrogens is 428 g/mol. The number of carbonyl (C=O) groups is 1. The molecule has 0 spiro atoms. The highest BCUT2D eigenvalue weighted by Crippen LogP contribution is 2.27. The number of sulfonamides is 1. The lowest BCUT2D eigenvalue weighted by atomic mass is 10.2. The number of nitrogens with zero attached hydrogens (tertiary/aromatic N) is 1. The summed E-state index contributed by atoms with van der Waals surface area (Å²) in [4.78, 5) is 12.9. The molecule has 32 heavy (non-hydrogen) atoms. The Bertz CT molecular complexity index is 1160. The van der Waals surface area contributed by atoms with Crippen LogP contribution < -0.4 is 19.1 Å². The van der Waals surface area contributed by atoms with Gasteiger partial charge in [0.1, 0.15) is 18.0 Å². The highest BCUT2D eigenvalue weighted by Gasteiger charge is 2.27. The van der Waals surface area contributed by atoms with Crippen molar-refractivity contribution >= 4 is 27.3 Å². The lowest BCUT2D eigenvalue weighted by Gasteiger charge is -2.24. The first kappa shape index (κ1) is 23.1. The number of hydrogen-bond donors (Lipinski definition) is 1. The predicted molar refractivity (Wildman–Crippen MR) is 125 cm³/mol. The van der Waals surface area contributed by atoms with E-state index in [1.807, 2.05) is 6.92 Å². The van der Waals surface area contributed by atoms with Gasteiger partial charge in [0.2, 0.25) is 5.91 Å². The van der Waals surface area contributed by atoms with Crippen LogP contribution in [0.1, 0.15) is 12.5 Å². The van der Waals surface area contributed by atoms with Gasteiger partial charge in [-0.05, 0) is 74.0 Å². The van der Waals surface area contributed by atoms with Gasteiger partial charge in [-0.3, -0.25) is 9.10 Å². The molecule has 168 valence electrons. The van der Waals surface area contributed by atoms with E-state index in [4.69, 9.17) is 9.47 Å². The van der Waals surface area contributed by atoms with Crippen molar-refractivity contribution in [3.63, 3.8) is 0 Å². The van der Waals surface area contributed by atoms with Gasteiger partial charge in [-0.2, -0.15) is 0 Å². The number of carbonyl (C=O) groups excluding carboxylic acids is 1. The molecule has 8 heteroatoms. The minimum Gasteiger partial charge on any atom is -0.496 e. The fourth-order valence-corrected chi connectivity index (χ4v) is 4.69. The summed E-state index contributed by atoms with van der Waals surface area (Å²) in [5.41, 5.74) is 1.62. The molecule has 0 saturated carbocycles. The summed E-state index contributed by atoms with van der Waals surface area (Å²) in [6, 6.07) is 20.0. The maximum absolute atomic E-state index is 13.5. The lowest BCUT2D eigenvalue weighted by molar-refractivity contribution is -0.114. The van der Waals surface area contributed by atoms with Crippen LogP contribution in [0.3, 0.4) is 0 Å². The third kappa shape index (κ3) is 5.39. The van der Waals surface area contributed by atoms with Crippen LogP contribution in [-0.4, -0.2) is 34.6 Å². The monoisotopic (exact) mass is 454 g/mol. The van der Waals surface area contributed by atoms with E-state index in [1.165, 1.54) is 19.2 Å². The molecule has 3 aromatic rings. The molecule has 3 aromatic carbocycles. The summed E-state index contributed by atoms with van der Waals surface area (Å²) >= 11 is 0. The number of rotatable bonds is 9. The van der Waals surface area contributed by atoms with Gasteiger partial charge in [-0.15, -0.1) is 0 Å². The van der Waals surface area contributed by atoms with Crippen molar-refractivity contribution in [3.05, 3.63) is 78.4 Å². The normalized spacial score (nSPS) is 11.0. The van der Waals surface area contributed by atoms with Crippen molar-refractivity contribution in [1.29, 1.82) is 0 Å². The van der Waals surface area contributed by atoms with Crippen molar-refractivity contribution in [2.24, 2.45) is 0 Å². The molecule has 7 nitrogen and oxygen atoms in total. The molecule has 3 rings (SSSR count).